The number of hydrogen-bond donors (Lipinski definition) is 0. The van der Waals surface area contributed by atoms with Crippen LogP contribution in [0.1, 0.15) is 46.0 Å². The van der Waals surface area contributed by atoms with E-state index in [2.05, 4.69) is 6.92 Å². The number of nitrogens with zero attached hydrogens (tertiary/aromatic N) is 1. The zero-order valence-corrected chi connectivity index (χ0v) is 10.8. The molecule has 0 aromatic rings. The van der Waals surface area contributed by atoms with E-state index in [1.807, 2.05) is 0 Å². The van der Waals surface area contributed by atoms with Crippen LogP contribution in [0.15, 0.2) is 0 Å². The number of methoxy groups -OCH3 is 1. The van der Waals surface area contributed by atoms with Gasteiger partial charge in [-0.3, -0.25) is 4.79 Å². The van der Waals surface area contributed by atoms with Crippen LogP contribution in [0, 0.1) is 0 Å². The van der Waals surface area contributed by atoms with Gasteiger partial charge in [0.2, 0.25) is 5.91 Å². The van der Waals surface area contributed by atoms with Crippen molar-refractivity contribution in [2.24, 2.45) is 0 Å². The van der Waals surface area contributed by atoms with Gasteiger partial charge >= 0.3 is 5.97 Å². The molecule has 0 N–H and O–H groups in total. The Kier molecular flexibility index (Phi) is 7.60. The van der Waals surface area contributed by atoms with Crippen LogP contribution in [-0.2, 0) is 14.3 Å². The predicted molar refractivity (Wildman–Crippen MR) is 63.0 cm³/mol. The lowest BCUT2D eigenvalue weighted by Crippen LogP contribution is -2.41. The largest absolute Gasteiger partial charge is 0.467 e. The van der Waals surface area contributed by atoms with Gasteiger partial charge in [0, 0.05) is 14.0 Å². The monoisotopic (exact) mass is 229 g/mol. The molecule has 94 valence electrons. The number of carbonyl (C=O) groups excluding carboxylic acids is 2. The Morgan fingerprint density at radius 1 is 1.25 bits per heavy atom. The van der Waals surface area contributed by atoms with Gasteiger partial charge in [-0.15, -0.1) is 0 Å². The summed E-state index contributed by atoms with van der Waals surface area (Å²) in [5.74, 6) is -0.430. The lowest BCUT2D eigenvalue weighted by Gasteiger charge is -2.24. The Morgan fingerprint density at radius 2 is 1.88 bits per heavy atom. The van der Waals surface area contributed by atoms with Gasteiger partial charge < -0.3 is 9.64 Å². The van der Waals surface area contributed by atoms with E-state index in [0.29, 0.717) is 6.42 Å². The maximum Gasteiger partial charge on any atom is 0.328 e. The fourth-order valence-electron chi connectivity index (χ4n) is 1.59. The van der Waals surface area contributed by atoms with Crippen molar-refractivity contribution in [1.29, 1.82) is 0 Å². The molecule has 0 aliphatic rings. The number of rotatable bonds is 7. The van der Waals surface area contributed by atoms with E-state index in [4.69, 9.17) is 4.74 Å². The molecule has 4 nitrogen and oxygen atoms in total. The molecule has 0 spiro atoms. The highest BCUT2D eigenvalue weighted by atomic mass is 16.5. The minimum atomic E-state index is -0.431. The van der Waals surface area contributed by atoms with Crippen LogP contribution < -0.4 is 0 Å². The van der Waals surface area contributed by atoms with Gasteiger partial charge in [-0.1, -0.05) is 32.6 Å². The number of ether oxygens (including phenoxy) is 1. The maximum absolute atomic E-state index is 11.5. The van der Waals surface area contributed by atoms with Crippen molar-refractivity contribution in [3.63, 3.8) is 0 Å². The van der Waals surface area contributed by atoms with Crippen molar-refractivity contribution in [2.45, 2.75) is 52.0 Å². The molecular formula is C12H23NO3. The summed E-state index contributed by atoms with van der Waals surface area (Å²) in [4.78, 5) is 24.2. The molecule has 0 rings (SSSR count). The van der Waals surface area contributed by atoms with Crippen LogP contribution >= 0.6 is 0 Å². The molecule has 0 radical (unpaired) electrons. The van der Waals surface area contributed by atoms with Gasteiger partial charge in [-0.25, -0.2) is 4.79 Å². The summed E-state index contributed by atoms with van der Waals surface area (Å²) >= 11 is 0. The first-order valence-corrected chi connectivity index (χ1v) is 5.85. The van der Waals surface area contributed by atoms with E-state index in [-0.39, 0.29) is 11.9 Å². The minimum Gasteiger partial charge on any atom is -0.467 e. The van der Waals surface area contributed by atoms with Crippen molar-refractivity contribution >= 4 is 11.9 Å². The van der Waals surface area contributed by atoms with Gasteiger partial charge in [-0.05, 0) is 6.42 Å². The Morgan fingerprint density at radius 3 is 2.31 bits per heavy atom. The summed E-state index contributed by atoms with van der Waals surface area (Å²) in [6, 6.07) is -0.431. The highest BCUT2D eigenvalue weighted by Gasteiger charge is 2.24. The summed E-state index contributed by atoms with van der Waals surface area (Å²) in [5.41, 5.74) is 0. The van der Waals surface area contributed by atoms with Gasteiger partial charge in [-0.2, -0.15) is 0 Å². The molecule has 0 aromatic heterocycles. The van der Waals surface area contributed by atoms with Crippen LogP contribution in [0.3, 0.4) is 0 Å². The molecular weight excluding hydrogens is 206 g/mol. The summed E-state index contributed by atoms with van der Waals surface area (Å²) in [6.07, 6.45) is 5.05. The van der Waals surface area contributed by atoms with Crippen LogP contribution in [0.25, 0.3) is 0 Å². The number of unbranched alkanes of at least 4 members (excludes halogenated alkanes) is 3. The fourth-order valence-corrected chi connectivity index (χ4v) is 1.59. The second-order valence-corrected chi connectivity index (χ2v) is 4.02. The molecule has 0 saturated heterocycles. The molecule has 4 heteroatoms. The SMILES string of the molecule is CCCCCCC(C(=O)OC)N(C)C(C)=O. The summed E-state index contributed by atoms with van der Waals surface area (Å²) in [6.45, 7) is 3.60. The van der Waals surface area contributed by atoms with Crippen LogP contribution in [-0.4, -0.2) is 37.0 Å². The Labute approximate surface area is 98.0 Å². The lowest BCUT2D eigenvalue weighted by atomic mass is 10.1. The van der Waals surface area contributed by atoms with Gasteiger partial charge in [0.25, 0.3) is 0 Å². The smallest absolute Gasteiger partial charge is 0.328 e. The third kappa shape index (κ3) is 5.14. The molecule has 0 aliphatic carbocycles. The van der Waals surface area contributed by atoms with Crippen LogP contribution in [0.5, 0.6) is 0 Å². The molecule has 1 unspecified atom stereocenters. The van der Waals surface area contributed by atoms with Crippen molar-refractivity contribution < 1.29 is 14.3 Å². The first kappa shape index (κ1) is 14.9. The summed E-state index contributed by atoms with van der Waals surface area (Å²) < 4.78 is 4.71. The fraction of sp³-hybridized carbons (Fsp3) is 0.833. The number of amides is 1. The molecule has 1 atom stereocenters. The molecule has 0 heterocycles. The second kappa shape index (κ2) is 8.13. The topological polar surface area (TPSA) is 46.6 Å². The molecule has 0 fully saturated rings. The molecule has 0 aromatic carbocycles. The molecule has 1 amide bonds. The van der Waals surface area contributed by atoms with E-state index >= 15 is 0 Å². The maximum atomic E-state index is 11.5. The molecule has 0 aliphatic heterocycles. The number of hydrogen-bond acceptors (Lipinski definition) is 3. The zero-order chi connectivity index (χ0) is 12.6. The Balaban J connectivity index is 4.21. The van der Waals surface area contributed by atoms with Gasteiger partial charge in [0.05, 0.1) is 7.11 Å². The number of carbonyl (C=O) groups is 2. The van der Waals surface area contributed by atoms with Gasteiger partial charge in [0.1, 0.15) is 6.04 Å². The van der Waals surface area contributed by atoms with Crippen LogP contribution in [0.4, 0.5) is 0 Å². The standard InChI is InChI=1S/C12H23NO3/c1-5-6-7-8-9-11(12(15)16-4)13(3)10(2)14/h11H,5-9H2,1-4H3. The normalized spacial score (nSPS) is 12.0. The summed E-state index contributed by atoms with van der Waals surface area (Å²) in [5, 5.41) is 0. The third-order valence-electron chi connectivity index (χ3n) is 2.77. The van der Waals surface area contributed by atoms with E-state index in [1.54, 1.807) is 7.05 Å². The van der Waals surface area contributed by atoms with E-state index in [9.17, 15) is 9.59 Å². The van der Waals surface area contributed by atoms with Crippen molar-refractivity contribution in [3.05, 3.63) is 0 Å². The first-order chi connectivity index (χ1) is 7.54. The van der Waals surface area contributed by atoms with Crippen LogP contribution in [0.2, 0.25) is 0 Å². The summed E-state index contributed by atoms with van der Waals surface area (Å²) in [7, 11) is 3.00. The highest BCUT2D eigenvalue weighted by molar-refractivity contribution is 5.83. The minimum absolute atomic E-state index is 0.106. The molecule has 0 bridgehead atoms. The first-order valence-electron chi connectivity index (χ1n) is 5.85. The lowest BCUT2D eigenvalue weighted by molar-refractivity contribution is -0.151. The predicted octanol–water partition coefficient (Wildman–Crippen LogP) is 1.98. The highest BCUT2D eigenvalue weighted by Crippen LogP contribution is 2.11. The zero-order valence-electron chi connectivity index (χ0n) is 10.8. The van der Waals surface area contributed by atoms with E-state index < -0.39 is 6.04 Å². The average molecular weight is 229 g/mol. The number of esters is 1. The molecule has 0 saturated carbocycles. The van der Waals surface area contributed by atoms with E-state index in [1.165, 1.54) is 18.9 Å². The van der Waals surface area contributed by atoms with E-state index in [0.717, 1.165) is 25.7 Å². The third-order valence-corrected chi connectivity index (χ3v) is 2.77. The van der Waals surface area contributed by atoms with Crippen molar-refractivity contribution in [3.8, 4) is 0 Å². The number of likely N-dealkylation sites (N-methyl/N-ethyl adjacent to an activating group) is 1. The molecule has 16 heavy (non-hydrogen) atoms. The quantitative estimate of drug-likeness (QED) is 0.495. The Bertz CT molecular complexity index is 228. The van der Waals surface area contributed by atoms with Crippen molar-refractivity contribution in [1.82, 2.24) is 4.90 Å². The van der Waals surface area contributed by atoms with Gasteiger partial charge in [0.15, 0.2) is 0 Å². The van der Waals surface area contributed by atoms with Crippen molar-refractivity contribution in [2.75, 3.05) is 14.2 Å². The second-order valence-electron chi connectivity index (χ2n) is 4.02. The Hall–Kier alpha value is -1.06. The average Bonchev–Trinajstić information content (AvgIpc) is 2.27.